The number of methoxy groups -OCH3 is 1. The molecule has 3 aromatic rings. The summed E-state index contributed by atoms with van der Waals surface area (Å²) >= 11 is 0. The van der Waals surface area contributed by atoms with E-state index in [1.807, 2.05) is 66.7 Å². The molecule has 0 saturated carbocycles. The van der Waals surface area contributed by atoms with Crippen LogP contribution in [0.4, 0.5) is 0 Å². The second kappa shape index (κ2) is 8.95. The van der Waals surface area contributed by atoms with Crippen molar-refractivity contribution in [1.82, 2.24) is 0 Å². The highest BCUT2D eigenvalue weighted by atomic mass is 16.5. The molecule has 1 atom stereocenters. The van der Waals surface area contributed by atoms with E-state index >= 15 is 0 Å². The monoisotopic (exact) mass is 348 g/mol. The lowest BCUT2D eigenvalue weighted by Crippen LogP contribution is -2.06. The van der Waals surface area contributed by atoms with Crippen LogP contribution in [0.1, 0.15) is 30.6 Å². The largest absolute Gasteiger partial charge is 0.493 e. The minimum absolute atomic E-state index is 0.0111. The lowest BCUT2D eigenvalue weighted by Gasteiger charge is -2.19. The van der Waals surface area contributed by atoms with Gasteiger partial charge < -0.3 is 14.2 Å². The van der Waals surface area contributed by atoms with Crippen LogP contribution in [0.25, 0.3) is 0 Å². The molecule has 0 aromatic heterocycles. The zero-order chi connectivity index (χ0) is 18.2. The van der Waals surface area contributed by atoms with Crippen molar-refractivity contribution >= 4 is 0 Å². The Hall–Kier alpha value is -2.94. The number of hydrogen-bond acceptors (Lipinski definition) is 3. The summed E-state index contributed by atoms with van der Waals surface area (Å²) in [7, 11) is 1.64. The minimum Gasteiger partial charge on any atom is -0.493 e. The Bertz CT molecular complexity index is 800. The highest BCUT2D eigenvalue weighted by Crippen LogP contribution is 2.34. The number of ether oxygens (including phenoxy) is 3. The Morgan fingerprint density at radius 2 is 1.50 bits per heavy atom. The molecule has 3 heteroatoms. The maximum atomic E-state index is 6.17. The third-order valence-electron chi connectivity index (χ3n) is 4.19. The van der Waals surface area contributed by atoms with E-state index in [2.05, 4.69) is 19.1 Å². The van der Waals surface area contributed by atoms with Gasteiger partial charge in [-0.1, -0.05) is 67.6 Å². The Kier molecular flexibility index (Phi) is 6.15. The van der Waals surface area contributed by atoms with Crippen LogP contribution < -0.4 is 14.2 Å². The van der Waals surface area contributed by atoms with Gasteiger partial charge in [-0.25, -0.2) is 0 Å². The predicted molar refractivity (Wildman–Crippen MR) is 104 cm³/mol. The summed E-state index contributed by atoms with van der Waals surface area (Å²) < 4.78 is 17.6. The number of rotatable bonds is 8. The first-order chi connectivity index (χ1) is 12.8. The SMILES string of the molecule is CCC(Oc1ccc(OCc2ccccc2)c(OC)c1)c1ccccc1. The summed E-state index contributed by atoms with van der Waals surface area (Å²) in [4.78, 5) is 0. The van der Waals surface area contributed by atoms with Gasteiger partial charge in [-0.3, -0.25) is 0 Å². The van der Waals surface area contributed by atoms with Gasteiger partial charge in [0.05, 0.1) is 7.11 Å². The molecule has 0 saturated heterocycles. The van der Waals surface area contributed by atoms with Gasteiger partial charge in [0.15, 0.2) is 11.5 Å². The van der Waals surface area contributed by atoms with E-state index in [4.69, 9.17) is 14.2 Å². The van der Waals surface area contributed by atoms with Crippen molar-refractivity contribution in [2.45, 2.75) is 26.1 Å². The zero-order valence-electron chi connectivity index (χ0n) is 15.2. The summed E-state index contributed by atoms with van der Waals surface area (Å²) in [5.41, 5.74) is 2.28. The van der Waals surface area contributed by atoms with E-state index in [1.165, 1.54) is 5.56 Å². The third kappa shape index (κ3) is 4.57. The molecule has 0 aliphatic rings. The summed E-state index contributed by atoms with van der Waals surface area (Å²) in [5, 5.41) is 0. The molecular weight excluding hydrogens is 324 g/mol. The van der Waals surface area contributed by atoms with Crippen molar-refractivity contribution in [3.8, 4) is 17.2 Å². The van der Waals surface area contributed by atoms with Crippen LogP contribution in [0.15, 0.2) is 78.9 Å². The van der Waals surface area contributed by atoms with Crippen LogP contribution in [0.3, 0.4) is 0 Å². The average molecular weight is 348 g/mol. The lowest BCUT2D eigenvalue weighted by molar-refractivity contribution is 0.199. The smallest absolute Gasteiger partial charge is 0.164 e. The first kappa shape index (κ1) is 17.9. The Labute approximate surface area is 155 Å². The highest BCUT2D eigenvalue weighted by molar-refractivity contribution is 5.46. The molecule has 1 unspecified atom stereocenters. The van der Waals surface area contributed by atoms with E-state index in [-0.39, 0.29) is 6.10 Å². The molecule has 0 fully saturated rings. The van der Waals surface area contributed by atoms with Crippen LogP contribution in [0.5, 0.6) is 17.2 Å². The maximum Gasteiger partial charge on any atom is 0.164 e. The summed E-state index contributed by atoms with van der Waals surface area (Å²) in [6, 6.07) is 26.0. The number of benzene rings is 3. The average Bonchev–Trinajstić information content (AvgIpc) is 2.72. The van der Waals surface area contributed by atoms with Gasteiger partial charge in [0, 0.05) is 6.07 Å². The zero-order valence-corrected chi connectivity index (χ0v) is 15.2. The Morgan fingerprint density at radius 3 is 2.15 bits per heavy atom. The minimum atomic E-state index is 0.0111. The fraction of sp³-hybridized carbons (Fsp3) is 0.217. The van der Waals surface area contributed by atoms with Gasteiger partial charge in [0.1, 0.15) is 18.5 Å². The molecule has 0 aliphatic heterocycles. The first-order valence-electron chi connectivity index (χ1n) is 8.86. The molecule has 134 valence electrons. The van der Waals surface area contributed by atoms with Crippen LogP contribution in [-0.2, 0) is 6.61 Å². The molecule has 26 heavy (non-hydrogen) atoms. The van der Waals surface area contributed by atoms with Gasteiger partial charge in [0.25, 0.3) is 0 Å². The van der Waals surface area contributed by atoms with Crippen molar-refractivity contribution in [3.63, 3.8) is 0 Å². The summed E-state index contributed by atoms with van der Waals surface area (Å²) in [6.07, 6.45) is 0.899. The lowest BCUT2D eigenvalue weighted by atomic mass is 10.1. The molecule has 0 radical (unpaired) electrons. The molecule has 3 rings (SSSR count). The third-order valence-corrected chi connectivity index (χ3v) is 4.19. The second-order valence-corrected chi connectivity index (χ2v) is 6.01. The van der Waals surface area contributed by atoms with Gasteiger partial charge in [-0.2, -0.15) is 0 Å². The van der Waals surface area contributed by atoms with Crippen LogP contribution in [-0.4, -0.2) is 7.11 Å². The van der Waals surface area contributed by atoms with Gasteiger partial charge in [-0.05, 0) is 29.7 Å². The maximum absolute atomic E-state index is 6.17. The summed E-state index contributed by atoms with van der Waals surface area (Å²) in [5.74, 6) is 2.14. The molecule has 3 nitrogen and oxygen atoms in total. The molecule has 0 amide bonds. The van der Waals surface area contributed by atoms with E-state index in [1.54, 1.807) is 7.11 Å². The van der Waals surface area contributed by atoms with E-state index in [9.17, 15) is 0 Å². The van der Waals surface area contributed by atoms with Crippen LogP contribution in [0.2, 0.25) is 0 Å². The predicted octanol–water partition coefficient (Wildman–Crippen LogP) is 5.80. The first-order valence-corrected chi connectivity index (χ1v) is 8.86. The fourth-order valence-electron chi connectivity index (χ4n) is 2.79. The van der Waals surface area contributed by atoms with Crippen molar-refractivity contribution in [2.24, 2.45) is 0 Å². The second-order valence-electron chi connectivity index (χ2n) is 6.01. The van der Waals surface area contributed by atoms with E-state index in [0.29, 0.717) is 18.1 Å². The van der Waals surface area contributed by atoms with Crippen LogP contribution >= 0.6 is 0 Å². The molecule has 0 aliphatic carbocycles. The normalized spacial score (nSPS) is 11.6. The van der Waals surface area contributed by atoms with Crippen molar-refractivity contribution < 1.29 is 14.2 Å². The molecule has 0 spiro atoms. The topological polar surface area (TPSA) is 27.7 Å². The molecule has 3 aromatic carbocycles. The summed E-state index contributed by atoms with van der Waals surface area (Å²) in [6.45, 7) is 2.62. The van der Waals surface area contributed by atoms with Crippen molar-refractivity contribution in [2.75, 3.05) is 7.11 Å². The molecule has 0 bridgehead atoms. The molecule has 0 N–H and O–H groups in total. The van der Waals surface area contributed by atoms with Gasteiger partial charge in [-0.15, -0.1) is 0 Å². The number of hydrogen-bond donors (Lipinski definition) is 0. The Morgan fingerprint density at radius 1 is 0.808 bits per heavy atom. The Balaban J connectivity index is 1.71. The van der Waals surface area contributed by atoms with Gasteiger partial charge in [0.2, 0.25) is 0 Å². The molecular formula is C23H24O3. The van der Waals surface area contributed by atoms with Gasteiger partial charge >= 0.3 is 0 Å². The standard InChI is InChI=1S/C23H24O3/c1-3-21(19-12-8-5-9-13-19)26-20-14-15-22(23(16-20)24-2)25-17-18-10-6-4-7-11-18/h4-16,21H,3,17H2,1-2H3. The van der Waals surface area contributed by atoms with Crippen LogP contribution in [0, 0.1) is 0 Å². The molecule has 0 heterocycles. The van der Waals surface area contributed by atoms with Crippen molar-refractivity contribution in [1.29, 1.82) is 0 Å². The highest BCUT2D eigenvalue weighted by Gasteiger charge is 2.13. The quantitative estimate of drug-likeness (QED) is 0.514. The van der Waals surface area contributed by atoms with E-state index < -0.39 is 0 Å². The van der Waals surface area contributed by atoms with Crippen molar-refractivity contribution in [3.05, 3.63) is 90.0 Å². The fourth-order valence-corrected chi connectivity index (χ4v) is 2.79. The van der Waals surface area contributed by atoms with E-state index in [0.717, 1.165) is 17.7 Å².